The molecule has 16 heavy (non-hydrogen) atoms. The molecule has 1 heterocycles. The molecule has 0 saturated carbocycles. The van der Waals surface area contributed by atoms with Gasteiger partial charge in [0.05, 0.1) is 0 Å². The summed E-state index contributed by atoms with van der Waals surface area (Å²) in [4.78, 5) is 2.56. The third kappa shape index (κ3) is 4.81. The van der Waals surface area contributed by atoms with Crippen molar-refractivity contribution < 1.29 is 0 Å². The zero-order chi connectivity index (χ0) is 12.4. The molecule has 1 fully saturated rings. The molecular formula is C13H29N3. The minimum Gasteiger partial charge on any atom is -0.313 e. The Labute approximate surface area is 101 Å². The summed E-state index contributed by atoms with van der Waals surface area (Å²) in [7, 11) is 0. The van der Waals surface area contributed by atoms with E-state index < -0.39 is 0 Å². The summed E-state index contributed by atoms with van der Waals surface area (Å²) in [5.74, 6) is 0. The van der Waals surface area contributed by atoms with Crippen molar-refractivity contribution in [3.05, 3.63) is 0 Å². The Hall–Kier alpha value is -0.120. The van der Waals surface area contributed by atoms with Gasteiger partial charge < -0.3 is 10.6 Å². The molecule has 0 spiro atoms. The molecule has 0 aromatic rings. The molecule has 0 unspecified atom stereocenters. The highest BCUT2D eigenvalue weighted by atomic mass is 15.3. The van der Waals surface area contributed by atoms with E-state index in [1.165, 1.54) is 0 Å². The average Bonchev–Trinajstić information content (AvgIpc) is 1.96. The average molecular weight is 227 g/mol. The van der Waals surface area contributed by atoms with Crippen LogP contribution in [0, 0.1) is 0 Å². The van der Waals surface area contributed by atoms with E-state index in [0.29, 0.717) is 6.04 Å². The quantitative estimate of drug-likeness (QED) is 0.761. The zero-order valence-corrected chi connectivity index (χ0v) is 11.9. The lowest BCUT2D eigenvalue weighted by Gasteiger charge is -2.48. The Morgan fingerprint density at radius 1 is 1.12 bits per heavy atom. The van der Waals surface area contributed by atoms with Gasteiger partial charge in [-0.25, -0.2) is 0 Å². The summed E-state index contributed by atoms with van der Waals surface area (Å²) in [6, 6.07) is 0.587. The smallest absolute Gasteiger partial charge is 0.0257 e. The van der Waals surface area contributed by atoms with Crippen molar-refractivity contribution in [2.75, 3.05) is 26.2 Å². The molecule has 0 bridgehead atoms. The van der Waals surface area contributed by atoms with Crippen molar-refractivity contribution in [2.24, 2.45) is 0 Å². The molecule has 1 aliphatic rings. The topological polar surface area (TPSA) is 27.3 Å². The van der Waals surface area contributed by atoms with Crippen LogP contribution in [0.3, 0.4) is 0 Å². The van der Waals surface area contributed by atoms with Crippen molar-refractivity contribution in [2.45, 2.75) is 58.7 Å². The van der Waals surface area contributed by atoms with E-state index in [-0.39, 0.29) is 11.1 Å². The molecule has 0 atom stereocenters. The molecule has 0 amide bonds. The molecule has 1 saturated heterocycles. The van der Waals surface area contributed by atoms with E-state index in [9.17, 15) is 0 Å². The number of hydrogen-bond donors (Lipinski definition) is 2. The lowest BCUT2D eigenvalue weighted by Crippen LogP contribution is -2.67. The van der Waals surface area contributed by atoms with Gasteiger partial charge in [0.1, 0.15) is 0 Å². The molecule has 1 aliphatic heterocycles. The van der Waals surface area contributed by atoms with Crippen molar-refractivity contribution in [1.29, 1.82) is 0 Å². The van der Waals surface area contributed by atoms with Crippen molar-refractivity contribution in [3.8, 4) is 0 Å². The Bertz CT molecular complexity index is 205. The molecule has 1 rings (SSSR count). The van der Waals surface area contributed by atoms with Crippen molar-refractivity contribution in [1.82, 2.24) is 15.5 Å². The van der Waals surface area contributed by atoms with Crippen LogP contribution in [0.4, 0.5) is 0 Å². The number of nitrogens with one attached hydrogen (secondary N) is 2. The maximum atomic E-state index is 3.70. The monoisotopic (exact) mass is 227 g/mol. The van der Waals surface area contributed by atoms with Gasteiger partial charge in [-0.1, -0.05) is 13.8 Å². The number of nitrogens with zero attached hydrogens (tertiary/aromatic N) is 1. The summed E-state index contributed by atoms with van der Waals surface area (Å²) in [5.41, 5.74) is 0.444. The minimum absolute atomic E-state index is 0.222. The lowest BCUT2D eigenvalue weighted by atomic mass is 9.91. The van der Waals surface area contributed by atoms with E-state index in [2.05, 4.69) is 57.1 Å². The fourth-order valence-electron chi connectivity index (χ4n) is 2.84. The maximum Gasteiger partial charge on any atom is 0.0257 e. The van der Waals surface area contributed by atoms with Gasteiger partial charge in [0.15, 0.2) is 0 Å². The Balaban J connectivity index is 2.42. The van der Waals surface area contributed by atoms with Gasteiger partial charge in [-0.2, -0.15) is 0 Å². The van der Waals surface area contributed by atoms with Crippen LogP contribution in [0.1, 0.15) is 41.5 Å². The van der Waals surface area contributed by atoms with Crippen LogP contribution in [0.5, 0.6) is 0 Å². The van der Waals surface area contributed by atoms with Crippen LogP contribution < -0.4 is 10.6 Å². The van der Waals surface area contributed by atoms with Gasteiger partial charge in [0.2, 0.25) is 0 Å². The number of hydrogen-bond acceptors (Lipinski definition) is 3. The number of piperazine rings is 1. The molecular weight excluding hydrogens is 198 g/mol. The van der Waals surface area contributed by atoms with Crippen LogP contribution in [-0.2, 0) is 0 Å². The molecule has 0 radical (unpaired) electrons. The van der Waals surface area contributed by atoms with Gasteiger partial charge in [-0.15, -0.1) is 0 Å². The first-order chi connectivity index (χ1) is 7.20. The van der Waals surface area contributed by atoms with Gasteiger partial charge in [-0.3, -0.25) is 4.90 Å². The van der Waals surface area contributed by atoms with E-state index >= 15 is 0 Å². The Morgan fingerprint density at radius 3 is 2.06 bits per heavy atom. The standard InChI is InChI=1S/C13H29N3/c1-11(2)14-7-8-16-9-12(3,4)15-13(5,6)10-16/h11,14-15H,7-10H2,1-6H3. The summed E-state index contributed by atoms with van der Waals surface area (Å²) in [6.07, 6.45) is 0. The normalized spacial score (nSPS) is 24.9. The molecule has 0 aliphatic carbocycles. The van der Waals surface area contributed by atoms with E-state index in [1.54, 1.807) is 0 Å². The summed E-state index contributed by atoms with van der Waals surface area (Å²) in [5, 5.41) is 7.18. The van der Waals surface area contributed by atoms with Gasteiger partial charge in [-0.05, 0) is 27.7 Å². The molecule has 96 valence electrons. The van der Waals surface area contributed by atoms with Crippen molar-refractivity contribution >= 4 is 0 Å². The van der Waals surface area contributed by atoms with Crippen LogP contribution in [0.2, 0.25) is 0 Å². The summed E-state index contributed by atoms with van der Waals surface area (Å²) < 4.78 is 0. The molecule has 0 aromatic carbocycles. The van der Waals surface area contributed by atoms with Crippen LogP contribution in [0.25, 0.3) is 0 Å². The third-order valence-electron chi connectivity index (χ3n) is 2.90. The van der Waals surface area contributed by atoms with Crippen molar-refractivity contribution in [3.63, 3.8) is 0 Å². The number of rotatable bonds is 4. The maximum absolute atomic E-state index is 3.70. The first-order valence-electron chi connectivity index (χ1n) is 6.45. The first kappa shape index (κ1) is 13.9. The third-order valence-corrected chi connectivity index (χ3v) is 2.90. The molecule has 0 aromatic heterocycles. The van der Waals surface area contributed by atoms with Gasteiger partial charge in [0, 0.05) is 43.3 Å². The second-order valence-corrected chi connectivity index (χ2v) is 6.71. The largest absolute Gasteiger partial charge is 0.313 e. The van der Waals surface area contributed by atoms with E-state index in [0.717, 1.165) is 26.2 Å². The van der Waals surface area contributed by atoms with E-state index in [4.69, 9.17) is 0 Å². The van der Waals surface area contributed by atoms with Crippen LogP contribution in [0.15, 0.2) is 0 Å². The summed E-state index contributed by atoms with van der Waals surface area (Å²) >= 11 is 0. The zero-order valence-electron chi connectivity index (χ0n) is 11.9. The second kappa shape index (κ2) is 5.03. The first-order valence-corrected chi connectivity index (χ1v) is 6.45. The predicted octanol–water partition coefficient (Wildman–Crippen LogP) is 1.45. The molecule has 3 nitrogen and oxygen atoms in total. The predicted molar refractivity (Wildman–Crippen MR) is 70.9 cm³/mol. The minimum atomic E-state index is 0.222. The Morgan fingerprint density at radius 2 is 1.62 bits per heavy atom. The van der Waals surface area contributed by atoms with Crippen LogP contribution >= 0.6 is 0 Å². The lowest BCUT2D eigenvalue weighted by molar-refractivity contribution is 0.0786. The van der Waals surface area contributed by atoms with Gasteiger partial charge >= 0.3 is 0 Å². The SMILES string of the molecule is CC(C)NCCN1CC(C)(C)NC(C)(C)C1. The highest BCUT2D eigenvalue weighted by molar-refractivity contribution is 4.97. The van der Waals surface area contributed by atoms with E-state index in [1.807, 2.05) is 0 Å². The molecule has 2 N–H and O–H groups in total. The fourth-order valence-corrected chi connectivity index (χ4v) is 2.84. The highest BCUT2D eigenvalue weighted by Crippen LogP contribution is 2.20. The Kier molecular flexibility index (Phi) is 4.38. The molecule has 3 heteroatoms. The second-order valence-electron chi connectivity index (χ2n) is 6.71. The summed E-state index contributed by atoms with van der Waals surface area (Å²) in [6.45, 7) is 18.1. The fraction of sp³-hybridized carbons (Fsp3) is 1.00. The highest BCUT2D eigenvalue weighted by Gasteiger charge is 2.35. The van der Waals surface area contributed by atoms with Gasteiger partial charge in [0.25, 0.3) is 0 Å². The van der Waals surface area contributed by atoms with Crippen LogP contribution in [-0.4, -0.2) is 48.2 Å².